The summed E-state index contributed by atoms with van der Waals surface area (Å²) in [6.45, 7) is 8.77. The van der Waals surface area contributed by atoms with Gasteiger partial charge in [-0.3, -0.25) is 0 Å². The second-order valence-corrected chi connectivity index (χ2v) is 2.77. The Bertz CT molecular complexity index is 337. The quantitative estimate of drug-likeness (QED) is 0.716. The molecule has 0 aromatic heterocycles. The van der Waals surface area contributed by atoms with Crippen LogP contribution in [0.1, 0.15) is 38.8 Å². The molecule has 0 fully saturated rings. The van der Waals surface area contributed by atoms with E-state index in [-0.39, 0.29) is 12.4 Å². The van der Waals surface area contributed by atoms with Gasteiger partial charge < -0.3 is 10.1 Å². The van der Waals surface area contributed by atoms with Crippen molar-refractivity contribution in [2.75, 3.05) is 6.61 Å². The van der Waals surface area contributed by atoms with Crippen molar-refractivity contribution in [3.63, 3.8) is 0 Å². The van der Waals surface area contributed by atoms with Crippen LogP contribution in [0.5, 0.6) is 0 Å². The molecule has 2 rings (SSSR count). The number of hydrogen-bond acceptors (Lipinski definition) is 2. The molecule has 1 aromatic carbocycles. The lowest BCUT2D eigenvalue weighted by atomic mass is 10.0. The molecule has 0 saturated carbocycles. The summed E-state index contributed by atoms with van der Waals surface area (Å²) in [5, 5.41) is 7.48. The Kier molecular flexibility index (Phi) is 7.38. The zero-order valence-electron chi connectivity index (χ0n) is 10.4. The van der Waals surface area contributed by atoms with Gasteiger partial charge in [-0.25, -0.2) is 4.39 Å². The molecule has 2 nitrogen and oxygen atoms in total. The monoisotopic (exact) mass is 225 g/mol. The summed E-state index contributed by atoms with van der Waals surface area (Å²) in [6, 6.07) is 4.44. The Morgan fingerprint density at radius 1 is 1.12 bits per heavy atom. The molecular weight excluding hydrogens is 205 g/mol. The van der Waals surface area contributed by atoms with Gasteiger partial charge >= 0.3 is 0 Å². The maximum atomic E-state index is 12.7. The van der Waals surface area contributed by atoms with E-state index in [9.17, 15) is 4.39 Å². The van der Waals surface area contributed by atoms with Crippen LogP contribution in [0, 0.1) is 11.2 Å². The van der Waals surface area contributed by atoms with Crippen molar-refractivity contribution in [3.05, 3.63) is 35.1 Å². The number of nitrogens with one attached hydrogen (secondary N) is 1. The third-order valence-electron chi connectivity index (χ3n) is 1.90. The summed E-state index contributed by atoms with van der Waals surface area (Å²) >= 11 is 0. The maximum absolute atomic E-state index is 12.7. The summed E-state index contributed by atoms with van der Waals surface area (Å²) in [4.78, 5) is 0. The highest BCUT2D eigenvalue weighted by Crippen LogP contribution is 2.17. The van der Waals surface area contributed by atoms with Gasteiger partial charge in [0.05, 0.1) is 18.9 Å². The molecule has 0 saturated heterocycles. The highest BCUT2D eigenvalue weighted by molar-refractivity contribution is 6.01. The third-order valence-corrected chi connectivity index (χ3v) is 1.90. The summed E-state index contributed by atoms with van der Waals surface area (Å²) in [5.74, 6) is -0.291. The lowest BCUT2D eigenvalue weighted by Crippen LogP contribution is -2.18. The SMILES string of the molecule is CC.CC.N=C1COCc2ccc(F)cc21. The molecule has 0 aliphatic carbocycles. The van der Waals surface area contributed by atoms with E-state index in [1.807, 2.05) is 27.7 Å². The van der Waals surface area contributed by atoms with Crippen LogP contribution in [0.25, 0.3) is 0 Å². The van der Waals surface area contributed by atoms with Gasteiger partial charge in [-0.05, 0) is 17.7 Å². The molecule has 1 N–H and O–H groups in total. The van der Waals surface area contributed by atoms with Gasteiger partial charge in [0, 0.05) is 5.56 Å². The molecule has 1 aliphatic rings. The number of hydrogen-bond donors (Lipinski definition) is 1. The summed E-state index contributed by atoms with van der Waals surface area (Å²) < 4.78 is 17.8. The predicted octanol–water partition coefficient (Wildman–Crippen LogP) is 3.78. The van der Waals surface area contributed by atoms with Crippen LogP contribution in [0.2, 0.25) is 0 Å². The Hall–Kier alpha value is -1.22. The van der Waals surface area contributed by atoms with Gasteiger partial charge in [0.15, 0.2) is 0 Å². The number of ether oxygens (including phenoxy) is 1. The van der Waals surface area contributed by atoms with Crippen molar-refractivity contribution in [1.29, 1.82) is 5.41 Å². The van der Waals surface area contributed by atoms with E-state index < -0.39 is 0 Å². The van der Waals surface area contributed by atoms with Gasteiger partial charge in [0.25, 0.3) is 0 Å². The molecular formula is C13H20FNO. The smallest absolute Gasteiger partial charge is 0.123 e. The summed E-state index contributed by atoms with van der Waals surface area (Å²) in [6.07, 6.45) is 0. The molecule has 3 heteroatoms. The minimum atomic E-state index is -0.291. The molecule has 90 valence electrons. The fraction of sp³-hybridized carbons (Fsp3) is 0.462. The van der Waals surface area contributed by atoms with Crippen LogP contribution in [0.15, 0.2) is 18.2 Å². The second kappa shape index (κ2) is 7.99. The Balaban J connectivity index is 0.000000509. The normalized spacial score (nSPS) is 12.7. The van der Waals surface area contributed by atoms with Gasteiger partial charge in [-0.2, -0.15) is 0 Å². The number of rotatable bonds is 0. The van der Waals surface area contributed by atoms with Crippen molar-refractivity contribution >= 4 is 5.71 Å². The van der Waals surface area contributed by atoms with Crippen LogP contribution in [-0.4, -0.2) is 12.3 Å². The van der Waals surface area contributed by atoms with Crippen LogP contribution in [-0.2, 0) is 11.3 Å². The lowest BCUT2D eigenvalue weighted by molar-refractivity contribution is 0.151. The Morgan fingerprint density at radius 2 is 1.75 bits per heavy atom. The molecule has 1 aliphatic heterocycles. The molecule has 0 atom stereocenters. The number of halogens is 1. The highest BCUT2D eigenvalue weighted by atomic mass is 19.1. The minimum Gasteiger partial charge on any atom is -0.370 e. The van der Waals surface area contributed by atoms with Gasteiger partial charge in [0.2, 0.25) is 0 Å². The average molecular weight is 225 g/mol. The molecule has 1 heterocycles. The molecule has 0 unspecified atom stereocenters. The van der Waals surface area contributed by atoms with E-state index in [2.05, 4.69) is 0 Å². The Labute approximate surface area is 97.0 Å². The third kappa shape index (κ3) is 3.74. The van der Waals surface area contributed by atoms with E-state index >= 15 is 0 Å². The molecule has 0 amide bonds. The first kappa shape index (κ1) is 14.8. The van der Waals surface area contributed by atoms with Gasteiger partial charge in [-0.15, -0.1) is 0 Å². The summed E-state index contributed by atoms with van der Waals surface area (Å²) in [7, 11) is 0. The van der Waals surface area contributed by atoms with E-state index in [0.29, 0.717) is 17.9 Å². The Morgan fingerprint density at radius 3 is 2.38 bits per heavy atom. The summed E-state index contributed by atoms with van der Waals surface area (Å²) in [5.41, 5.74) is 1.93. The van der Waals surface area contributed by atoms with Crippen molar-refractivity contribution in [2.45, 2.75) is 34.3 Å². The first-order chi connectivity index (χ1) is 7.77. The van der Waals surface area contributed by atoms with E-state index in [1.54, 1.807) is 6.07 Å². The number of fused-ring (bicyclic) bond motifs is 1. The standard InChI is InChI=1S/C9H8FNO.2C2H6/c10-7-2-1-6-4-12-5-9(11)8(6)3-7;2*1-2/h1-3,11H,4-5H2;2*1-2H3. The van der Waals surface area contributed by atoms with Crippen LogP contribution < -0.4 is 0 Å². The molecule has 16 heavy (non-hydrogen) atoms. The molecule has 0 radical (unpaired) electrons. The lowest BCUT2D eigenvalue weighted by Gasteiger charge is -2.16. The van der Waals surface area contributed by atoms with Gasteiger partial charge in [-0.1, -0.05) is 33.8 Å². The fourth-order valence-corrected chi connectivity index (χ4v) is 1.30. The second-order valence-electron chi connectivity index (χ2n) is 2.77. The predicted molar refractivity (Wildman–Crippen MR) is 65.6 cm³/mol. The van der Waals surface area contributed by atoms with E-state index in [1.165, 1.54) is 12.1 Å². The van der Waals surface area contributed by atoms with Crippen molar-refractivity contribution in [2.24, 2.45) is 0 Å². The minimum absolute atomic E-state index is 0.288. The van der Waals surface area contributed by atoms with Crippen molar-refractivity contribution in [1.82, 2.24) is 0 Å². The molecule has 0 bridgehead atoms. The molecule has 0 spiro atoms. The van der Waals surface area contributed by atoms with Gasteiger partial charge in [0.1, 0.15) is 5.82 Å². The highest BCUT2D eigenvalue weighted by Gasteiger charge is 2.14. The zero-order chi connectivity index (χ0) is 12.6. The van der Waals surface area contributed by atoms with E-state index in [4.69, 9.17) is 10.1 Å². The fourth-order valence-electron chi connectivity index (χ4n) is 1.30. The molecule has 1 aromatic rings. The first-order valence-electron chi connectivity index (χ1n) is 5.71. The van der Waals surface area contributed by atoms with Crippen LogP contribution in [0.4, 0.5) is 4.39 Å². The zero-order valence-corrected chi connectivity index (χ0v) is 10.4. The largest absolute Gasteiger partial charge is 0.370 e. The maximum Gasteiger partial charge on any atom is 0.123 e. The van der Waals surface area contributed by atoms with Crippen LogP contribution in [0.3, 0.4) is 0 Å². The topological polar surface area (TPSA) is 33.1 Å². The van der Waals surface area contributed by atoms with Crippen LogP contribution >= 0.6 is 0 Å². The first-order valence-corrected chi connectivity index (χ1v) is 5.71. The number of benzene rings is 1. The van der Waals surface area contributed by atoms with Crippen molar-refractivity contribution in [3.8, 4) is 0 Å². The average Bonchev–Trinajstić information content (AvgIpc) is 2.35. The van der Waals surface area contributed by atoms with E-state index in [0.717, 1.165) is 5.56 Å². The van der Waals surface area contributed by atoms with Crippen molar-refractivity contribution < 1.29 is 9.13 Å².